The van der Waals surface area contributed by atoms with Gasteiger partial charge in [-0.3, -0.25) is 4.79 Å². The molecule has 13 heavy (non-hydrogen) atoms. The molecule has 0 spiro atoms. The predicted octanol–water partition coefficient (Wildman–Crippen LogP) is -0.00760. The molecule has 0 saturated heterocycles. The Morgan fingerprint density at radius 3 is 2.92 bits per heavy atom. The molecule has 1 atom stereocenters. The molecule has 4 nitrogen and oxygen atoms in total. The molecule has 0 aliphatic carbocycles. The third kappa shape index (κ3) is 6.86. The molecule has 0 aromatic carbocycles. The number of hydrogen-bond acceptors (Lipinski definition) is 5. The maximum atomic E-state index is 11.0. The fraction of sp³-hybridized carbons (Fsp3) is 0.875. The molecule has 5 heteroatoms. The van der Waals surface area contributed by atoms with Gasteiger partial charge < -0.3 is 15.6 Å². The van der Waals surface area contributed by atoms with Crippen LogP contribution in [0.5, 0.6) is 0 Å². The molecule has 3 N–H and O–H groups in total. The summed E-state index contributed by atoms with van der Waals surface area (Å²) >= 11 is 1.55. The Hall–Kier alpha value is -0.260. The standard InChI is InChI=1S/C8H17NO3S/c1-2-12-8(11)7(9)6-13-5-3-4-10/h7,10H,2-6,9H2,1H3. The summed E-state index contributed by atoms with van der Waals surface area (Å²) in [6.07, 6.45) is 0.736. The summed E-state index contributed by atoms with van der Waals surface area (Å²) in [4.78, 5) is 11.0. The maximum absolute atomic E-state index is 11.0. The Labute approximate surface area is 82.8 Å². The first kappa shape index (κ1) is 12.7. The highest BCUT2D eigenvalue weighted by atomic mass is 32.2. The van der Waals surface area contributed by atoms with Crippen LogP contribution in [0.25, 0.3) is 0 Å². The van der Waals surface area contributed by atoms with Gasteiger partial charge in [-0.2, -0.15) is 11.8 Å². The summed E-state index contributed by atoms with van der Waals surface area (Å²) in [5, 5.41) is 8.49. The SMILES string of the molecule is CCOC(=O)C(N)CSCCCO. The van der Waals surface area contributed by atoms with E-state index >= 15 is 0 Å². The lowest BCUT2D eigenvalue weighted by Crippen LogP contribution is -2.34. The summed E-state index contributed by atoms with van der Waals surface area (Å²) in [5.41, 5.74) is 5.53. The van der Waals surface area contributed by atoms with E-state index in [1.807, 2.05) is 0 Å². The van der Waals surface area contributed by atoms with Gasteiger partial charge in [-0.05, 0) is 19.1 Å². The molecule has 0 aromatic heterocycles. The average molecular weight is 207 g/mol. The van der Waals surface area contributed by atoms with E-state index in [1.165, 1.54) is 0 Å². The number of aliphatic hydroxyl groups excluding tert-OH is 1. The second kappa shape index (κ2) is 8.34. The molecule has 0 aliphatic heterocycles. The molecule has 0 aliphatic rings. The first-order valence-electron chi connectivity index (χ1n) is 4.33. The fourth-order valence-electron chi connectivity index (χ4n) is 0.694. The van der Waals surface area contributed by atoms with Crippen molar-refractivity contribution >= 4 is 17.7 Å². The van der Waals surface area contributed by atoms with Crippen molar-refractivity contribution in [2.45, 2.75) is 19.4 Å². The van der Waals surface area contributed by atoms with Crippen LogP contribution in [-0.2, 0) is 9.53 Å². The Bertz CT molecular complexity index is 143. The van der Waals surface area contributed by atoms with Crippen LogP contribution in [0.3, 0.4) is 0 Å². The summed E-state index contributed by atoms with van der Waals surface area (Å²) in [7, 11) is 0. The van der Waals surface area contributed by atoms with Crippen molar-refractivity contribution in [3.63, 3.8) is 0 Å². The summed E-state index contributed by atoms with van der Waals surface area (Å²) < 4.78 is 4.73. The summed E-state index contributed by atoms with van der Waals surface area (Å²) in [6.45, 7) is 2.30. The van der Waals surface area contributed by atoms with E-state index < -0.39 is 6.04 Å². The van der Waals surface area contributed by atoms with E-state index in [9.17, 15) is 4.79 Å². The fourth-order valence-corrected chi connectivity index (χ4v) is 1.58. The molecular formula is C8H17NO3S. The number of esters is 1. The number of thioether (sulfide) groups is 1. The average Bonchev–Trinajstić information content (AvgIpc) is 2.12. The van der Waals surface area contributed by atoms with E-state index in [1.54, 1.807) is 18.7 Å². The van der Waals surface area contributed by atoms with Crippen molar-refractivity contribution in [3.05, 3.63) is 0 Å². The summed E-state index contributed by atoms with van der Waals surface area (Å²) in [6, 6.07) is -0.538. The zero-order valence-electron chi connectivity index (χ0n) is 7.86. The topological polar surface area (TPSA) is 72.5 Å². The number of rotatable bonds is 7. The van der Waals surface area contributed by atoms with Crippen molar-refractivity contribution in [2.24, 2.45) is 5.73 Å². The third-order valence-electron chi connectivity index (χ3n) is 1.33. The summed E-state index contributed by atoms with van der Waals surface area (Å²) in [5.74, 6) is 1.03. The van der Waals surface area contributed by atoms with E-state index in [0.29, 0.717) is 12.4 Å². The molecular weight excluding hydrogens is 190 g/mol. The predicted molar refractivity (Wildman–Crippen MR) is 53.6 cm³/mol. The van der Waals surface area contributed by atoms with Gasteiger partial charge in [-0.25, -0.2) is 0 Å². The van der Waals surface area contributed by atoms with Gasteiger partial charge in [-0.15, -0.1) is 0 Å². The van der Waals surface area contributed by atoms with Crippen LogP contribution in [0.15, 0.2) is 0 Å². The van der Waals surface area contributed by atoms with E-state index in [-0.39, 0.29) is 12.6 Å². The Morgan fingerprint density at radius 2 is 2.38 bits per heavy atom. The molecule has 78 valence electrons. The second-order valence-corrected chi connectivity index (χ2v) is 3.66. The number of ether oxygens (including phenoxy) is 1. The lowest BCUT2D eigenvalue weighted by Gasteiger charge is -2.09. The first-order valence-corrected chi connectivity index (χ1v) is 5.48. The van der Waals surface area contributed by atoms with E-state index in [2.05, 4.69) is 0 Å². The van der Waals surface area contributed by atoms with Crippen LogP contribution >= 0.6 is 11.8 Å². The lowest BCUT2D eigenvalue weighted by atomic mass is 10.4. The molecule has 0 bridgehead atoms. The second-order valence-electron chi connectivity index (χ2n) is 2.51. The zero-order valence-corrected chi connectivity index (χ0v) is 8.68. The van der Waals surface area contributed by atoms with Crippen molar-refractivity contribution < 1.29 is 14.6 Å². The van der Waals surface area contributed by atoms with Crippen LogP contribution in [0.1, 0.15) is 13.3 Å². The van der Waals surface area contributed by atoms with Gasteiger partial charge in [-0.1, -0.05) is 0 Å². The maximum Gasteiger partial charge on any atom is 0.323 e. The number of aliphatic hydroxyl groups is 1. The van der Waals surface area contributed by atoms with Gasteiger partial charge in [0.15, 0.2) is 0 Å². The quantitative estimate of drug-likeness (QED) is 0.454. The van der Waals surface area contributed by atoms with Gasteiger partial charge >= 0.3 is 5.97 Å². The van der Waals surface area contributed by atoms with Crippen LogP contribution in [0, 0.1) is 0 Å². The van der Waals surface area contributed by atoms with Gasteiger partial charge in [0.1, 0.15) is 6.04 Å². The molecule has 0 amide bonds. The molecule has 0 fully saturated rings. The highest BCUT2D eigenvalue weighted by molar-refractivity contribution is 7.99. The minimum Gasteiger partial charge on any atom is -0.465 e. The van der Waals surface area contributed by atoms with Crippen molar-refractivity contribution in [1.82, 2.24) is 0 Å². The lowest BCUT2D eigenvalue weighted by molar-refractivity contribution is -0.144. The van der Waals surface area contributed by atoms with Crippen LogP contribution < -0.4 is 5.73 Å². The van der Waals surface area contributed by atoms with E-state index in [4.69, 9.17) is 15.6 Å². The third-order valence-corrected chi connectivity index (χ3v) is 2.51. The molecule has 0 radical (unpaired) electrons. The number of nitrogens with two attached hydrogens (primary N) is 1. The first-order chi connectivity index (χ1) is 6.22. The Morgan fingerprint density at radius 1 is 1.69 bits per heavy atom. The highest BCUT2D eigenvalue weighted by Crippen LogP contribution is 2.04. The van der Waals surface area contributed by atoms with E-state index in [0.717, 1.165) is 12.2 Å². The molecule has 0 aromatic rings. The normalized spacial score (nSPS) is 12.5. The highest BCUT2D eigenvalue weighted by Gasteiger charge is 2.13. The molecule has 1 unspecified atom stereocenters. The minimum absolute atomic E-state index is 0.182. The molecule has 0 heterocycles. The Balaban J connectivity index is 3.38. The van der Waals surface area contributed by atoms with Gasteiger partial charge in [0, 0.05) is 12.4 Å². The number of carbonyl (C=O) groups excluding carboxylic acids is 1. The minimum atomic E-state index is -0.538. The van der Waals surface area contributed by atoms with Gasteiger partial charge in [0.25, 0.3) is 0 Å². The number of hydrogen-bond donors (Lipinski definition) is 2. The van der Waals surface area contributed by atoms with Crippen molar-refractivity contribution in [2.75, 3.05) is 24.7 Å². The van der Waals surface area contributed by atoms with Gasteiger partial charge in [0.2, 0.25) is 0 Å². The monoisotopic (exact) mass is 207 g/mol. The number of carbonyl (C=O) groups is 1. The van der Waals surface area contributed by atoms with Crippen molar-refractivity contribution in [3.8, 4) is 0 Å². The largest absolute Gasteiger partial charge is 0.465 e. The Kier molecular flexibility index (Phi) is 8.18. The smallest absolute Gasteiger partial charge is 0.323 e. The van der Waals surface area contributed by atoms with Crippen LogP contribution in [-0.4, -0.2) is 41.8 Å². The molecule has 0 rings (SSSR count). The van der Waals surface area contributed by atoms with Crippen LogP contribution in [0.2, 0.25) is 0 Å². The van der Waals surface area contributed by atoms with Crippen molar-refractivity contribution in [1.29, 1.82) is 0 Å². The molecule has 0 saturated carbocycles. The van der Waals surface area contributed by atoms with Crippen LogP contribution in [0.4, 0.5) is 0 Å². The zero-order chi connectivity index (χ0) is 10.1. The van der Waals surface area contributed by atoms with Gasteiger partial charge in [0.05, 0.1) is 6.61 Å².